The Labute approximate surface area is 166 Å². The highest BCUT2D eigenvalue weighted by atomic mass is 19.1. The summed E-state index contributed by atoms with van der Waals surface area (Å²) in [5.41, 5.74) is -0.595. The number of hydrogen-bond acceptors (Lipinski definition) is 6. The summed E-state index contributed by atoms with van der Waals surface area (Å²) in [5, 5.41) is 12.6. The van der Waals surface area contributed by atoms with Crippen molar-refractivity contribution >= 4 is 11.8 Å². The minimum Gasteiger partial charge on any atom is -0.501 e. The van der Waals surface area contributed by atoms with Gasteiger partial charge in [0, 0.05) is 33.1 Å². The summed E-state index contributed by atoms with van der Waals surface area (Å²) < 4.78 is 13.0. The van der Waals surface area contributed by atoms with Crippen molar-refractivity contribution in [2.75, 3.05) is 26.7 Å². The molecule has 1 fully saturated rings. The second-order valence-electron chi connectivity index (χ2n) is 6.92. The predicted molar refractivity (Wildman–Crippen MR) is 102 cm³/mol. The maximum atomic E-state index is 13.0. The molecule has 10 heteroatoms. The molecular formula is C19H22FN5O4. The number of carbonyl (C=O) groups is 2. The average Bonchev–Trinajstić information content (AvgIpc) is 2.69. The van der Waals surface area contributed by atoms with Gasteiger partial charge in [0.15, 0.2) is 5.69 Å². The van der Waals surface area contributed by atoms with Gasteiger partial charge in [0.2, 0.25) is 11.7 Å². The Morgan fingerprint density at radius 2 is 2.00 bits per heavy atom. The Hall–Kier alpha value is -3.27. The first-order chi connectivity index (χ1) is 13.8. The number of carbonyl (C=O) groups excluding carboxylic acids is 2. The van der Waals surface area contributed by atoms with E-state index in [4.69, 9.17) is 0 Å². The van der Waals surface area contributed by atoms with Crippen LogP contribution in [0, 0.1) is 5.82 Å². The van der Waals surface area contributed by atoms with Crippen molar-refractivity contribution in [2.45, 2.75) is 19.5 Å². The number of nitrogens with zero attached hydrogens (tertiary/aromatic N) is 3. The molecule has 3 rings (SSSR count). The molecule has 9 nitrogen and oxygen atoms in total. The van der Waals surface area contributed by atoms with Gasteiger partial charge in [0.05, 0.1) is 6.04 Å². The smallest absolute Gasteiger partial charge is 0.293 e. The third-order valence-corrected chi connectivity index (χ3v) is 4.90. The molecule has 0 aliphatic carbocycles. The van der Waals surface area contributed by atoms with E-state index in [9.17, 15) is 23.9 Å². The van der Waals surface area contributed by atoms with Crippen molar-refractivity contribution in [2.24, 2.45) is 0 Å². The van der Waals surface area contributed by atoms with Gasteiger partial charge in [-0.2, -0.15) is 0 Å². The van der Waals surface area contributed by atoms with Crippen LogP contribution < -0.4 is 10.9 Å². The monoisotopic (exact) mass is 403 g/mol. The van der Waals surface area contributed by atoms with E-state index >= 15 is 0 Å². The highest BCUT2D eigenvalue weighted by Gasteiger charge is 2.30. The molecule has 1 saturated heterocycles. The van der Waals surface area contributed by atoms with Crippen molar-refractivity contribution in [3.63, 3.8) is 0 Å². The van der Waals surface area contributed by atoms with Gasteiger partial charge in [-0.1, -0.05) is 12.1 Å². The van der Waals surface area contributed by atoms with Crippen LogP contribution in [0.25, 0.3) is 0 Å². The molecule has 2 heterocycles. The Balaban J connectivity index is 1.83. The molecule has 154 valence electrons. The Bertz CT molecular complexity index is 976. The zero-order valence-corrected chi connectivity index (χ0v) is 16.1. The number of likely N-dealkylation sites (N-methyl/N-ethyl adjacent to an activating group) is 1. The van der Waals surface area contributed by atoms with Crippen LogP contribution in [0.4, 0.5) is 4.39 Å². The first-order valence-corrected chi connectivity index (χ1v) is 9.08. The van der Waals surface area contributed by atoms with Crippen LogP contribution in [-0.2, 0) is 11.3 Å². The van der Waals surface area contributed by atoms with Gasteiger partial charge in [0.1, 0.15) is 11.6 Å². The fourth-order valence-corrected chi connectivity index (χ4v) is 3.12. The molecule has 29 heavy (non-hydrogen) atoms. The van der Waals surface area contributed by atoms with Gasteiger partial charge >= 0.3 is 0 Å². The zero-order chi connectivity index (χ0) is 21.1. The van der Waals surface area contributed by atoms with Gasteiger partial charge in [0.25, 0.3) is 11.5 Å². The summed E-state index contributed by atoms with van der Waals surface area (Å²) in [6.07, 6.45) is 0. The molecule has 3 N–H and O–H groups in total. The van der Waals surface area contributed by atoms with E-state index in [-0.39, 0.29) is 18.3 Å². The Morgan fingerprint density at radius 3 is 2.66 bits per heavy atom. The molecule has 0 radical (unpaired) electrons. The van der Waals surface area contributed by atoms with E-state index < -0.39 is 34.8 Å². The van der Waals surface area contributed by atoms with Crippen LogP contribution in [0.3, 0.4) is 0 Å². The van der Waals surface area contributed by atoms with Crippen LogP contribution in [0.1, 0.15) is 34.8 Å². The second kappa shape index (κ2) is 8.39. The molecule has 0 bridgehead atoms. The van der Waals surface area contributed by atoms with Crippen LogP contribution in [-0.4, -0.2) is 63.4 Å². The molecule has 1 aromatic heterocycles. The Morgan fingerprint density at radius 1 is 1.31 bits per heavy atom. The third kappa shape index (κ3) is 4.60. The number of H-pyrrole nitrogens is 1. The van der Waals surface area contributed by atoms with E-state index in [0.29, 0.717) is 25.2 Å². The fraction of sp³-hybridized carbons (Fsp3) is 0.368. The topological polar surface area (TPSA) is 119 Å². The van der Waals surface area contributed by atoms with Crippen molar-refractivity contribution in [3.8, 4) is 5.75 Å². The van der Waals surface area contributed by atoms with Crippen molar-refractivity contribution in [3.05, 3.63) is 57.5 Å². The number of rotatable bonds is 4. The summed E-state index contributed by atoms with van der Waals surface area (Å²) in [5.74, 6) is -1.82. The summed E-state index contributed by atoms with van der Waals surface area (Å²) in [7, 11) is 1.82. The van der Waals surface area contributed by atoms with Gasteiger partial charge < -0.3 is 20.3 Å². The van der Waals surface area contributed by atoms with Crippen molar-refractivity contribution in [1.82, 2.24) is 25.1 Å². The molecular weight excluding hydrogens is 381 g/mol. The lowest BCUT2D eigenvalue weighted by atomic mass is 10.1. The minimum absolute atomic E-state index is 0.0732. The molecule has 1 atom stereocenters. The maximum Gasteiger partial charge on any atom is 0.293 e. The molecule has 0 spiro atoms. The highest BCUT2D eigenvalue weighted by Crippen LogP contribution is 2.22. The lowest BCUT2D eigenvalue weighted by Gasteiger charge is -2.38. The number of amides is 2. The van der Waals surface area contributed by atoms with Crippen LogP contribution in [0.15, 0.2) is 29.1 Å². The van der Waals surface area contributed by atoms with E-state index in [1.165, 1.54) is 31.2 Å². The molecule has 1 aliphatic heterocycles. The highest BCUT2D eigenvalue weighted by molar-refractivity contribution is 5.94. The van der Waals surface area contributed by atoms with Gasteiger partial charge in [-0.3, -0.25) is 19.3 Å². The number of benzene rings is 1. The molecule has 1 aliphatic rings. The first-order valence-electron chi connectivity index (χ1n) is 9.08. The number of aromatic amines is 1. The summed E-state index contributed by atoms with van der Waals surface area (Å²) in [6, 6.07) is 5.13. The van der Waals surface area contributed by atoms with Crippen molar-refractivity contribution < 1.29 is 19.1 Å². The lowest BCUT2D eigenvalue weighted by Crippen LogP contribution is -2.49. The van der Waals surface area contributed by atoms with E-state index in [1.54, 1.807) is 4.90 Å². The lowest BCUT2D eigenvalue weighted by molar-refractivity contribution is -0.131. The zero-order valence-electron chi connectivity index (χ0n) is 16.1. The Kier molecular flexibility index (Phi) is 5.92. The summed E-state index contributed by atoms with van der Waals surface area (Å²) in [6.45, 7) is 2.96. The standard InChI is InChI=1S/C19H22FN5O4/c1-11(26)25-8-7-24(2)14(10-25)17-22-15(16(27)19(29)23-17)18(28)21-9-12-3-5-13(20)6-4-12/h3-6,14,27H,7-10H2,1-2H3,(H,21,28)(H,22,23,29). The number of nitrogens with one attached hydrogen (secondary N) is 2. The van der Waals surface area contributed by atoms with Crippen LogP contribution >= 0.6 is 0 Å². The first kappa shape index (κ1) is 20.5. The summed E-state index contributed by atoms with van der Waals surface area (Å²) in [4.78, 5) is 46.6. The number of halogens is 1. The van der Waals surface area contributed by atoms with E-state index in [2.05, 4.69) is 15.3 Å². The van der Waals surface area contributed by atoms with Crippen LogP contribution in [0.5, 0.6) is 5.75 Å². The third-order valence-electron chi connectivity index (χ3n) is 4.90. The summed E-state index contributed by atoms with van der Waals surface area (Å²) >= 11 is 0. The van der Waals surface area contributed by atoms with Crippen LogP contribution in [0.2, 0.25) is 0 Å². The molecule has 2 aromatic rings. The molecule has 2 amide bonds. The predicted octanol–water partition coefficient (Wildman–Crippen LogP) is 0.380. The molecule has 1 unspecified atom stereocenters. The largest absolute Gasteiger partial charge is 0.501 e. The number of aromatic hydroxyl groups is 1. The number of aromatic nitrogens is 2. The van der Waals surface area contributed by atoms with E-state index in [1.807, 2.05) is 11.9 Å². The average molecular weight is 403 g/mol. The van der Waals surface area contributed by atoms with Crippen molar-refractivity contribution in [1.29, 1.82) is 0 Å². The quantitative estimate of drug-likeness (QED) is 0.679. The minimum atomic E-state index is -0.838. The number of hydrogen-bond donors (Lipinski definition) is 3. The molecule has 0 saturated carbocycles. The van der Waals surface area contributed by atoms with E-state index in [0.717, 1.165) is 0 Å². The SMILES string of the molecule is CC(=O)N1CCN(C)C(c2nc(C(=O)NCc3ccc(F)cc3)c(O)c(=O)[nH]2)C1. The second-order valence-corrected chi connectivity index (χ2v) is 6.92. The normalized spacial score (nSPS) is 17.2. The fourth-order valence-electron chi connectivity index (χ4n) is 3.12. The molecule has 1 aromatic carbocycles. The number of piperazine rings is 1. The van der Waals surface area contributed by atoms with Gasteiger partial charge in [-0.25, -0.2) is 9.37 Å². The van der Waals surface area contributed by atoms with Gasteiger partial charge in [-0.05, 0) is 24.7 Å². The van der Waals surface area contributed by atoms with Gasteiger partial charge in [-0.15, -0.1) is 0 Å². The maximum absolute atomic E-state index is 13.0.